The van der Waals surface area contributed by atoms with Crippen molar-refractivity contribution in [2.45, 2.75) is 18.9 Å². The second-order valence-electron chi connectivity index (χ2n) is 3.83. The van der Waals surface area contributed by atoms with Gasteiger partial charge in [-0.3, -0.25) is 10.1 Å². The number of halogens is 1. The highest BCUT2D eigenvalue weighted by atomic mass is 79.9. The number of nitro groups is 1. The lowest BCUT2D eigenvalue weighted by molar-refractivity contribution is -0.385. The van der Waals surface area contributed by atoms with Gasteiger partial charge in [-0.05, 0) is 46.3 Å². The molecule has 1 aliphatic carbocycles. The number of nitrogens with two attached hydrogens (primary N) is 1. The van der Waals surface area contributed by atoms with E-state index < -0.39 is 4.92 Å². The zero-order chi connectivity index (χ0) is 11.0. The van der Waals surface area contributed by atoms with E-state index in [1.54, 1.807) is 12.1 Å². The minimum absolute atomic E-state index is 0.0585. The summed E-state index contributed by atoms with van der Waals surface area (Å²) in [6, 6.07) is 5.04. The molecule has 0 aliphatic heterocycles. The van der Waals surface area contributed by atoms with E-state index in [1.807, 2.05) is 6.07 Å². The van der Waals surface area contributed by atoms with E-state index in [0.29, 0.717) is 10.4 Å². The summed E-state index contributed by atoms with van der Waals surface area (Å²) in [5.41, 5.74) is 6.92. The number of rotatable bonds is 3. The van der Waals surface area contributed by atoms with E-state index in [9.17, 15) is 10.1 Å². The number of nitro benzene ring substituents is 1. The molecule has 80 valence electrons. The zero-order valence-electron chi connectivity index (χ0n) is 8.02. The smallest absolute Gasteiger partial charge is 0.283 e. The Kier molecular flexibility index (Phi) is 2.75. The van der Waals surface area contributed by atoms with Gasteiger partial charge in [0.1, 0.15) is 0 Å². The van der Waals surface area contributed by atoms with Crippen LogP contribution in [0.4, 0.5) is 5.69 Å². The largest absolute Gasteiger partial charge is 0.324 e. The molecule has 0 spiro atoms. The van der Waals surface area contributed by atoms with Gasteiger partial charge < -0.3 is 5.73 Å². The second kappa shape index (κ2) is 3.90. The molecular weight excluding hydrogens is 260 g/mol. The molecular formula is C10H11BrN2O2. The first-order valence-electron chi connectivity index (χ1n) is 4.79. The lowest BCUT2D eigenvalue weighted by Gasteiger charge is -2.10. The predicted octanol–water partition coefficient (Wildman–Crippen LogP) is 2.77. The summed E-state index contributed by atoms with van der Waals surface area (Å²) >= 11 is 3.15. The molecule has 0 saturated heterocycles. The molecule has 1 atom stereocenters. The van der Waals surface area contributed by atoms with Crippen molar-refractivity contribution in [3.05, 3.63) is 38.3 Å². The van der Waals surface area contributed by atoms with Gasteiger partial charge in [-0.15, -0.1) is 0 Å². The van der Waals surface area contributed by atoms with Crippen LogP contribution in [0.25, 0.3) is 0 Å². The van der Waals surface area contributed by atoms with E-state index in [1.165, 1.54) is 0 Å². The fourth-order valence-electron chi connectivity index (χ4n) is 1.60. The minimum Gasteiger partial charge on any atom is -0.324 e. The van der Waals surface area contributed by atoms with Crippen LogP contribution in [-0.2, 0) is 0 Å². The van der Waals surface area contributed by atoms with Crippen LogP contribution in [0.3, 0.4) is 0 Å². The van der Waals surface area contributed by atoms with Crippen molar-refractivity contribution in [1.29, 1.82) is 0 Å². The molecule has 1 aromatic rings. The van der Waals surface area contributed by atoms with Gasteiger partial charge in [0.05, 0.1) is 9.40 Å². The summed E-state index contributed by atoms with van der Waals surface area (Å²) in [5.74, 6) is 0.505. The third kappa shape index (κ3) is 2.18. The topological polar surface area (TPSA) is 69.2 Å². The Morgan fingerprint density at radius 3 is 2.73 bits per heavy atom. The van der Waals surface area contributed by atoms with Crippen LogP contribution in [0.15, 0.2) is 22.7 Å². The maximum atomic E-state index is 10.7. The van der Waals surface area contributed by atoms with Gasteiger partial charge in [0.25, 0.3) is 5.69 Å². The Hall–Kier alpha value is -0.940. The van der Waals surface area contributed by atoms with Crippen molar-refractivity contribution in [3.8, 4) is 0 Å². The molecule has 5 heteroatoms. The summed E-state index contributed by atoms with van der Waals surface area (Å²) in [6.45, 7) is 0. The Morgan fingerprint density at radius 1 is 1.53 bits per heavy atom. The second-order valence-corrected chi connectivity index (χ2v) is 4.69. The summed E-state index contributed by atoms with van der Waals surface area (Å²) < 4.78 is 0.499. The standard InChI is InChI=1S/C10H11BrN2O2/c11-8-4-3-7(5-9(8)13(14)15)10(12)6-1-2-6/h3-6,10H,1-2,12H2/t10-/m1/s1. The normalized spacial score (nSPS) is 17.5. The van der Waals surface area contributed by atoms with Crippen molar-refractivity contribution in [3.63, 3.8) is 0 Å². The first-order chi connectivity index (χ1) is 7.09. The highest BCUT2D eigenvalue weighted by Gasteiger charge is 2.30. The minimum atomic E-state index is -0.396. The summed E-state index contributed by atoms with van der Waals surface area (Å²) in [4.78, 5) is 10.3. The van der Waals surface area contributed by atoms with Crippen molar-refractivity contribution >= 4 is 21.6 Å². The van der Waals surface area contributed by atoms with E-state index in [-0.39, 0.29) is 11.7 Å². The molecule has 2 N–H and O–H groups in total. The molecule has 1 saturated carbocycles. The van der Waals surface area contributed by atoms with Crippen molar-refractivity contribution in [2.24, 2.45) is 11.7 Å². The van der Waals surface area contributed by atoms with Gasteiger partial charge in [0.2, 0.25) is 0 Å². The molecule has 2 rings (SSSR count). The molecule has 0 unspecified atom stereocenters. The average Bonchev–Trinajstić information content (AvgIpc) is 3.00. The third-order valence-corrected chi connectivity index (χ3v) is 3.35. The molecule has 0 bridgehead atoms. The molecule has 4 nitrogen and oxygen atoms in total. The van der Waals surface area contributed by atoms with Crippen LogP contribution in [0.2, 0.25) is 0 Å². The first-order valence-corrected chi connectivity index (χ1v) is 5.58. The van der Waals surface area contributed by atoms with Gasteiger partial charge >= 0.3 is 0 Å². The lowest BCUT2D eigenvalue weighted by Crippen LogP contribution is -2.12. The van der Waals surface area contributed by atoms with E-state index in [4.69, 9.17) is 5.73 Å². The fourth-order valence-corrected chi connectivity index (χ4v) is 2.00. The van der Waals surface area contributed by atoms with Crippen LogP contribution >= 0.6 is 15.9 Å². The lowest BCUT2D eigenvalue weighted by atomic mass is 10.0. The monoisotopic (exact) mass is 270 g/mol. The Bertz CT molecular complexity index is 404. The molecule has 0 aromatic heterocycles. The van der Waals surface area contributed by atoms with Crippen LogP contribution in [0.5, 0.6) is 0 Å². The highest BCUT2D eigenvalue weighted by Crippen LogP contribution is 2.40. The number of benzene rings is 1. The summed E-state index contributed by atoms with van der Waals surface area (Å²) in [7, 11) is 0. The number of nitrogens with zero attached hydrogens (tertiary/aromatic N) is 1. The van der Waals surface area contributed by atoms with Crippen LogP contribution in [0, 0.1) is 16.0 Å². The van der Waals surface area contributed by atoms with Gasteiger partial charge in [-0.25, -0.2) is 0 Å². The Morgan fingerprint density at radius 2 is 2.20 bits per heavy atom. The SMILES string of the molecule is N[C@@H](c1ccc(Br)c([N+](=O)[O-])c1)C1CC1. The molecule has 1 aliphatic rings. The van der Waals surface area contributed by atoms with Gasteiger partial charge in [0.15, 0.2) is 0 Å². The van der Waals surface area contributed by atoms with Crippen LogP contribution in [0.1, 0.15) is 24.4 Å². The average molecular weight is 271 g/mol. The summed E-state index contributed by atoms with van der Waals surface area (Å²) in [6.07, 6.45) is 2.26. The van der Waals surface area contributed by atoms with Crippen molar-refractivity contribution in [2.75, 3.05) is 0 Å². The predicted molar refractivity (Wildman–Crippen MR) is 60.4 cm³/mol. The van der Waals surface area contributed by atoms with Crippen LogP contribution in [-0.4, -0.2) is 4.92 Å². The maximum absolute atomic E-state index is 10.7. The summed E-state index contributed by atoms with van der Waals surface area (Å²) in [5, 5.41) is 10.7. The van der Waals surface area contributed by atoms with E-state index in [2.05, 4.69) is 15.9 Å². The molecule has 15 heavy (non-hydrogen) atoms. The Labute approximate surface area is 95.7 Å². The van der Waals surface area contributed by atoms with Crippen molar-refractivity contribution < 1.29 is 4.92 Å². The highest BCUT2D eigenvalue weighted by molar-refractivity contribution is 9.10. The number of hydrogen-bond donors (Lipinski definition) is 1. The molecule has 0 radical (unpaired) electrons. The number of hydrogen-bond acceptors (Lipinski definition) is 3. The Balaban J connectivity index is 2.32. The molecule has 1 fully saturated rings. The molecule has 0 amide bonds. The van der Waals surface area contributed by atoms with Gasteiger partial charge in [-0.1, -0.05) is 6.07 Å². The van der Waals surface area contributed by atoms with E-state index in [0.717, 1.165) is 18.4 Å². The van der Waals surface area contributed by atoms with Gasteiger partial charge in [-0.2, -0.15) is 0 Å². The molecule has 1 aromatic carbocycles. The van der Waals surface area contributed by atoms with Gasteiger partial charge in [0, 0.05) is 12.1 Å². The quantitative estimate of drug-likeness (QED) is 0.678. The van der Waals surface area contributed by atoms with Crippen LogP contribution < -0.4 is 5.73 Å². The van der Waals surface area contributed by atoms with Crippen molar-refractivity contribution in [1.82, 2.24) is 0 Å². The van der Waals surface area contributed by atoms with E-state index >= 15 is 0 Å². The maximum Gasteiger partial charge on any atom is 0.283 e. The molecule has 0 heterocycles. The third-order valence-electron chi connectivity index (χ3n) is 2.68. The first kappa shape index (κ1) is 10.6. The fraction of sp³-hybridized carbons (Fsp3) is 0.400. The zero-order valence-corrected chi connectivity index (χ0v) is 9.61.